The van der Waals surface area contributed by atoms with Crippen LogP contribution in [0, 0.1) is 0 Å². The quantitative estimate of drug-likeness (QED) is 0.866. The summed E-state index contributed by atoms with van der Waals surface area (Å²) in [6, 6.07) is 14.6. The Labute approximate surface area is 110 Å². The number of nitrogens with one attached hydrogen (secondary N) is 2. The van der Waals surface area contributed by atoms with E-state index in [0.29, 0.717) is 5.02 Å². The molecule has 1 aliphatic rings. The first-order chi connectivity index (χ1) is 8.75. The van der Waals surface area contributed by atoms with Gasteiger partial charge in [-0.25, -0.2) is 0 Å². The van der Waals surface area contributed by atoms with Gasteiger partial charge in [0.15, 0.2) is 0 Å². The molecular weight excluding hydrogens is 248 g/mol. The van der Waals surface area contributed by atoms with Gasteiger partial charge >= 0.3 is 0 Å². The molecule has 4 heteroatoms. The number of hydrogen-bond acceptors (Lipinski definition) is 2. The van der Waals surface area contributed by atoms with Gasteiger partial charge in [-0.1, -0.05) is 41.9 Å². The highest BCUT2D eigenvalue weighted by molar-refractivity contribution is 6.33. The summed E-state index contributed by atoms with van der Waals surface area (Å²) in [4.78, 5) is 11.9. The molecule has 0 saturated carbocycles. The summed E-state index contributed by atoms with van der Waals surface area (Å²) in [6.07, 6.45) is 0. The van der Waals surface area contributed by atoms with E-state index in [-0.39, 0.29) is 11.9 Å². The maximum absolute atomic E-state index is 11.9. The molecule has 0 spiro atoms. The molecule has 0 aliphatic carbocycles. The maximum atomic E-state index is 11.9. The highest BCUT2D eigenvalue weighted by atomic mass is 35.5. The molecule has 0 fully saturated rings. The Morgan fingerprint density at radius 2 is 1.78 bits per heavy atom. The molecule has 0 saturated heterocycles. The smallest absolute Gasteiger partial charge is 0.251 e. The van der Waals surface area contributed by atoms with Crippen molar-refractivity contribution in [3.63, 3.8) is 0 Å². The molecule has 0 aromatic heterocycles. The van der Waals surface area contributed by atoms with Crippen LogP contribution in [0.1, 0.15) is 11.6 Å². The average molecular weight is 259 g/mol. The van der Waals surface area contributed by atoms with Crippen LogP contribution >= 0.6 is 11.6 Å². The van der Waals surface area contributed by atoms with Gasteiger partial charge in [-0.05, 0) is 18.2 Å². The molecule has 0 radical (unpaired) electrons. The minimum absolute atomic E-state index is 0.0591. The largest absolute Gasteiger partial charge is 0.369 e. The monoisotopic (exact) mass is 258 g/mol. The number of anilines is 2. The summed E-state index contributed by atoms with van der Waals surface area (Å²) < 4.78 is 0. The molecule has 1 atom stereocenters. The summed E-state index contributed by atoms with van der Waals surface area (Å²) in [5.41, 5.74) is 2.56. The van der Waals surface area contributed by atoms with E-state index in [1.165, 1.54) is 0 Å². The van der Waals surface area contributed by atoms with Gasteiger partial charge in [-0.3, -0.25) is 4.79 Å². The van der Waals surface area contributed by atoms with Gasteiger partial charge in [-0.2, -0.15) is 0 Å². The van der Waals surface area contributed by atoms with Crippen molar-refractivity contribution < 1.29 is 4.79 Å². The third kappa shape index (κ3) is 1.83. The van der Waals surface area contributed by atoms with Gasteiger partial charge < -0.3 is 10.6 Å². The van der Waals surface area contributed by atoms with Gasteiger partial charge in [0.2, 0.25) is 0 Å². The fraction of sp³-hybridized carbons (Fsp3) is 0.0714. The van der Waals surface area contributed by atoms with E-state index in [2.05, 4.69) is 10.6 Å². The second kappa shape index (κ2) is 4.35. The number of hydrogen-bond donors (Lipinski definition) is 2. The normalized spacial score (nSPS) is 17.2. The number of amides is 1. The van der Waals surface area contributed by atoms with Crippen molar-refractivity contribution in [2.24, 2.45) is 0 Å². The molecule has 2 aromatic rings. The highest BCUT2D eigenvalue weighted by Gasteiger charge is 2.30. The summed E-state index contributed by atoms with van der Waals surface area (Å²) >= 11 is 6.08. The first-order valence-electron chi connectivity index (χ1n) is 5.66. The van der Waals surface area contributed by atoms with Gasteiger partial charge in [0.05, 0.1) is 10.7 Å². The Balaban J connectivity index is 1.94. The Morgan fingerprint density at radius 3 is 2.61 bits per heavy atom. The lowest BCUT2D eigenvalue weighted by molar-refractivity contribution is -0.116. The first-order valence-corrected chi connectivity index (χ1v) is 6.04. The topological polar surface area (TPSA) is 41.1 Å². The zero-order chi connectivity index (χ0) is 12.5. The van der Waals surface area contributed by atoms with E-state index in [9.17, 15) is 4.79 Å². The molecule has 18 heavy (non-hydrogen) atoms. The molecule has 0 bridgehead atoms. The lowest BCUT2D eigenvalue weighted by Crippen LogP contribution is -2.19. The Morgan fingerprint density at radius 1 is 1.06 bits per heavy atom. The van der Waals surface area contributed by atoms with Crippen molar-refractivity contribution in [3.8, 4) is 0 Å². The van der Waals surface area contributed by atoms with Crippen LogP contribution in [0.4, 0.5) is 11.4 Å². The number of benzene rings is 2. The molecular formula is C14H11ClN2O. The fourth-order valence-electron chi connectivity index (χ4n) is 2.09. The van der Waals surface area contributed by atoms with E-state index in [1.54, 1.807) is 6.07 Å². The number of carbonyl (C=O) groups excluding carboxylic acids is 1. The molecule has 1 unspecified atom stereocenters. The average Bonchev–Trinajstić information content (AvgIpc) is 2.69. The minimum atomic E-state index is -0.388. The minimum Gasteiger partial charge on any atom is -0.369 e. The predicted molar refractivity (Wildman–Crippen MR) is 72.9 cm³/mol. The Bertz CT molecular complexity index is 612. The zero-order valence-electron chi connectivity index (χ0n) is 9.48. The lowest BCUT2D eigenvalue weighted by atomic mass is 10.1. The number of rotatable bonds is 2. The zero-order valence-corrected chi connectivity index (χ0v) is 10.2. The van der Waals surface area contributed by atoms with Gasteiger partial charge in [0.1, 0.15) is 6.04 Å². The van der Waals surface area contributed by atoms with E-state index >= 15 is 0 Å². The Kier molecular flexibility index (Phi) is 2.68. The van der Waals surface area contributed by atoms with Crippen LogP contribution in [0.25, 0.3) is 0 Å². The molecule has 90 valence electrons. The number of halogens is 1. The van der Waals surface area contributed by atoms with E-state index in [4.69, 9.17) is 11.6 Å². The van der Waals surface area contributed by atoms with E-state index in [0.717, 1.165) is 16.9 Å². The summed E-state index contributed by atoms with van der Waals surface area (Å²) in [5, 5.41) is 6.62. The van der Waals surface area contributed by atoms with Gasteiger partial charge in [-0.15, -0.1) is 0 Å². The van der Waals surface area contributed by atoms with E-state index < -0.39 is 0 Å². The van der Waals surface area contributed by atoms with Crippen LogP contribution in [-0.2, 0) is 4.79 Å². The SMILES string of the molecule is O=C1Nc2ccccc2C1Nc1ccccc1Cl. The summed E-state index contributed by atoms with van der Waals surface area (Å²) in [5.74, 6) is -0.0591. The van der Waals surface area contributed by atoms with E-state index in [1.807, 2.05) is 42.5 Å². The molecule has 2 N–H and O–H groups in total. The summed E-state index contributed by atoms with van der Waals surface area (Å²) in [6.45, 7) is 0. The second-order valence-corrected chi connectivity index (χ2v) is 4.54. The van der Waals surface area contributed by atoms with Crippen LogP contribution < -0.4 is 10.6 Å². The van der Waals surface area contributed by atoms with Crippen LogP contribution in [0.2, 0.25) is 5.02 Å². The molecule has 1 aliphatic heterocycles. The maximum Gasteiger partial charge on any atom is 0.251 e. The van der Waals surface area contributed by atoms with Crippen molar-refractivity contribution >= 4 is 28.9 Å². The van der Waals surface area contributed by atoms with Crippen LogP contribution in [0.15, 0.2) is 48.5 Å². The van der Waals surface area contributed by atoms with Crippen molar-refractivity contribution in [1.29, 1.82) is 0 Å². The van der Waals surface area contributed by atoms with Crippen LogP contribution in [-0.4, -0.2) is 5.91 Å². The number of carbonyl (C=O) groups is 1. The Hall–Kier alpha value is -2.00. The summed E-state index contributed by atoms with van der Waals surface area (Å²) in [7, 11) is 0. The third-order valence-corrected chi connectivity index (χ3v) is 3.30. The number of para-hydroxylation sites is 2. The third-order valence-electron chi connectivity index (χ3n) is 2.97. The second-order valence-electron chi connectivity index (χ2n) is 4.13. The highest BCUT2D eigenvalue weighted by Crippen LogP contribution is 2.34. The fourth-order valence-corrected chi connectivity index (χ4v) is 2.28. The standard InChI is InChI=1S/C14H11ClN2O/c15-10-6-2-4-8-12(10)16-13-9-5-1-3-7-11(9)17-14(13)18/h1-8,13,16H,(H,17,18). The molecule has 1 amide bonds. The van der Waals surface area contributed by atoms with Gasteiger partial charge in [0, 0.05) is 11.3 Å². The molecule has 3 rings (SSSR count). The number of fused-ring (bicyclic) bond motifs is 1. The van der Waals surface area contributed by atoms with Crippen LogP contribution in [0.3, 0.4) is 0 Å². The lowest BCUT2D eigenvalue weighted by Gasteiger charge is -2.14. The van der Waals surface area contributed by atoms with Crippen LogP contribution in [0.5, 0.6) is 0 Å². The molecule has 3 nitrogen and oxygen atoms in total. The first kappa shape index (κ1) is 11.1. The predicted octanol–water partition coefficient (Wildman–Crippen LogP) is 3.45. The van der Waals surface area contributed by atoms with Crippen molar-refractivity contribution in [2.75, 3.05) is 10.6 Å². The van der Waals surface area contributed by atoms with Crippen molar-refractivity contribution in [3.05, 3.63) is 59.1 Å². The molecule has 2 aromatic carbocycles. The van der Waals surface area contributed by atoms with Crippen molar-refractivity contribution in [2.45, 2.75) is 6.04 Å². The molecule has 1 heterocycles. The van der Waals surface area contributed by atoms with Crippen molar-refractivity contribution in [1.82, 2.24) is 0 Å². The van der Waals surface area contributed by atoms with Gasteiger partial charge in [0.25, 0.3) is 5.91 Å².